The van der Waals surface area contributed by atoms with E-state index in [1.54, 1.807) is 0 Å². The number of hydrogen-bond donors (Lipinski definition) is 1. The van der Waals surface area contributed by atoms with E-state index in [2.05, 4.69) is 23.1 Å². The Kier molecular flexibility index (Phi) is 4.16. The van der Waals surface area contributed by atoms with Crippen molar-refractivity contribution in [3.63, 3.8) is 0 Å². The van der Waals surface area contributed by atoms with Crippen LogP contribution >= 0.6 is 12.2 Å². The molecule has 0 atom stereocenters. The lowest BCUT2D eigenvalue weighted by molar-refractivity contribution is 0.659. The Labute approximate surface area is 118 Å². The average Bonchev–Trinajstić information content (AvgIpc) is 2.86. The molecule has 0 spiro atoms. The van der Waals surface area contributed by atoms with Gasteiger partial charge in [0.2, 0.25) is 0 Å². The number of benzene rings is 1. The molecule has 19 heavy (non-hydrogen) atoms. The van der Waals surface area contributed by atoms with Gasteiger partial charge in [0, 0.05) is 43.1 Å². The van der Waals surface area contributed by atoms with Gasteiger partial charge < -0.3 is 10.6 Å². The van der Waals surface area contributed by atoms with Gasteiger partial charge in [-0.1, -0.05) is 24.4 Å². The molecule has 0 bridgehead atoms. The maximum absolute atomic E-state index is 5.76. The molecule has 0 saturated carbocycles. The van der Waals surface area contributed by atoms with E-state index in [0.29, 0.717) is 4.99 Å². The lowest BCUT2D eigenvalue weighted by Gasteiger charge is -2.21. The topological polar surface area (TPSA) is 47.1 Å². The molecule has 0 unspecified atom stereocenters. The summed E-state index contributed by atoms with van der Waals surface area (Å²) in [6, 6.07) is 7.91. The molecule has 1 aromatic carbocycles. The molecule has 0 aliphatic heterocycles. The van der Waals surface area contributed by atoms with Crippen LogP contribution in [0.5, 0.6) is 0 Å². The molecule has 1 heterocycles. The first-order valence-corrected chi connectivity index (χ1v) is 6.64. The normalized spacial score (nSPS) is 10.4. The van der Waals surface area contributed by atoms with E-state index >= 15 is 0 Å². The Morgan fingerprint density at radius 3 is 2.79 bits per heavy atom. The highest BCUT2D eigenvalue weighted by Crippen LogP contribution is 2.20. The highest BCUT2D eigenvalue weighted by molar-refractivity contribution is 7.80. The van der Waals surface area contributed by atoms with Gasteiger partial charge in [-0.2, -0.15) is 5.10 Å². The second kappa shape index (κ2) is 5.84. The number of para-hydroxylation sites is 1. The Hall–Kier alpha value is -1.88. The molecular formula is C14H18N4S. The van der Waals surface area contributed by atoms with Gasteiger partial charge in [0.1, 0.15) is 4.99 Å². The first-order valence-electron chi connectivity index (χ1n) is 6.23. The van der Waals surface area contributed by atoms with E-state index in [1.807, 2.05) is 42.2 Å². The zero-order valence-electron chi connectivity index (χ0n) is 11.2. The van der Waals surface area contributed by atoms with Gasteiger partial charge in [-0.3, -0.25) is 4.68 Å². The van der Waals surface area contributed by atoms with E-state index in [0.717, 1.165) is 24.3 Å². The number of nitrogens with zero attached hydrogens (tertiary/aromatic N) is 3. The number of anilines is 1. The largest absolute Gasteiger partial charge is 0.389 e. The summed E-state index contributed by atoms with van der Waals surface area (Å²) in [6.45, 7) is 3.73. The zero-order chi connectivity index (χ0) is 13.8. The molecule has 2 N–H and O–H groups in total. The molecule has 0 amide bonds. The zero-order valence-corrected chi connectivity index (χ0v) is 12.0. The fourth-order valence-corrected chi connectivity index (χ4v) is 2.21. The smallest absolute Gasteiger partial charge is 0.106 e. The Morgan fingerprint density at radius 1 is 1.42 bits per heavy atom. The predicted molar refractivity (Wildman–Crippen MR) is 82.3 cm³/mol. The van der Waals surface area contributed by atoms with Crippen LogP contribution in [0, 0.1) is 0 Å². The maximum atomic E-state index is 5.76. The molecule has 0 radical (unpaired) electrons. The Bertz CT molecular complexity index is 576. The average molecular weight is 274 g/mol. The lowest BCUT2D eigenvalue weighted by atomic mass is 10.1. The second-order valence-corrected chi connectivity index (χ2v) is 4.88. The van der Waals surface area contributed by atoms with Crippen molar-refractivity contribution in [1.29, 1.82) is 0 Å². The van der Waals surface area contributed by atoms with Crippen LogP contribution in [-0.4, -0.2) is 21.8 Å². The maximum Gasteiger partial charge on any atom is 0.106 e. The summed E-state index contributed by atoms with van der Waals surface area (Å²) >= 11 is 5.09. The third kappa shape index (κ3) is 3.12. The van der Waals surface area contributed by atoms with Crippen LogP contribution in [0.1, 0.15) is 18.1 Å². The fourth-order valence-electron chi connectivity index (χ4n) is 2.03. The summed E-state index contributed by atoms with van der Waals surface area (Å²) in [5, 5.41) is 4.28. The molecule has 1 aromatic heterocycles. The molecule has 4 nitrogen and oxygen atoms in total. The summed E-state index contributed by atoms with van der Waals surface area (Å²) in [7, 11) is 2.03. The van der Waals surface area contributed by atoms with Crippen molar-refractivity contribution in [3.8, 4) is 0 Å². The minimum absolute atomic E-state index is 0.423. The van der Waals surface area contributed by atoms with Gasteiger partial charge in [0.05, 0.1) is 6.20 Å². The SMILES string of the molecule is CCn1cc(CN(C)c2ccccc2C(N)=S)cn1. The number of hydrogen-bond acceptors (Lipinski definition) is 3. The van der Waals surface area contributed by atoms with Gasteiger partial charge in [0.25, 0.3) is 0 Å². The minimum atomic E-state index is 0.423. The minimum Gasteiger partial charge on any atom is -0.389 e. The molecule has 2 rings (SSSR count). The highest BCUT2D eigenvalue weighted by Gasteiger charge is 2.10. The van der Waals surface area contributed by atoms with Crippen molar-refractivity contribution in [1.82, 2.24) is 9.78 Å². The number of rotatable bonds is 5. The van der Waals surface area contributed by atoms with E-state index in [9.17, 15) is 0 Å². The van der Waals surface area contributed by atoms with Gasteiger partial charge in [-0.05, 0) is 19.1 Å². The fraction of sp³-hybridized carbons (Fsp3) is 0.286. The number of nitrogens with two attached hydrogens (primary N) is 1. The Balaban J connectivity index is 2.20. The van der Waals surface area contributed by atoms with Gasteiger partial charge in [0.15, 0.2) is 0 Å². The van der Waals surface area contributed by atoms with Gasteiger partial charge in [-0.25, -0.2) is 0 Å². The highest BCUT2D eigenvalue weighted by atomic mass is 32.1. The summed E-state index contributed by atoms with van der Waals surface area (Å²) in [4.78, 5) is 2.55. The quantitative estimate of drug-likeness (QED) is 0.849. The molecule has 0 aliphatic carbocycles. The van der Waals surface area contributed by atoms with Crippen LogP contribution in [0.4, 0.5) is 5.69 Å². The lowest BCUT2D eigenvalue weighted by Crippen LogP contribution is -2.21. The van der Waals surface area contributed by atoms with Crippen LogP contribution in [0.2, 0.25) is 0 Å². The number of thiocarbonyl (C=S) groups is 1. The third-order valence-corrected chi connectivity index (χ3v) is 3.23. The standard InChI is InChI=1S/C14H18N4S/c1-3-18-10-11(8-16-18)9-17(2)13-7-5-4-6-12(13)14(15)19/h4-8,10H,3,9H2,1-2H3,(H2,15,19). The molecule has 0 fully saturated rings. The van der Waals surface area contributed by atoms with Crippen LogP contribution in [0.25, 0.3) is 0 Å². The molecule has 0 aliphatic rings. The van der Waals surface area contributed by atoms with Crippen LogP contribution in [0.3, 0.4) is 0 Å². The summed E-state index contributed by atoms with van der Waals surface area (Å²) in [5.74, 6) is 0. The van der Waals surface area contributed by atoms with Crippen molar-refractivity contribution >= 4 is 22.9 Å². The van der Waals surface area contributed by atoms with E-state index in [4.69, 9.17) is 18.0 Å². The van der Waals surface area contributed by atoms with Crippen LogP contribution in [-0.2, 0) is 13.1 Å². The van der Waals surface area contributed by atoms with Crippen LogP contribution < -0.4 is 10.6 Å². The number of aryl methyl sites for hydroxylation is 1. The van der Waals surface area contributed by atoms with Crippen molar-refractivity contribution < 1.29 is 0 Å². The number of aromatic nitrogens is 2. The molecule has 100 valence electrons. The summed E-state index contributed by atoms with van der Waals surface area (Å²) in [5.41, 5.74) is 8.87. The van der Waals surface area contributed by atoms with Crippen molar-refractivity contribution in [2.45, 2.75) is 20.0 Å². The molecule has 5 heteroatoms. The van der Waals surface area contributed by atoms with Gasteiger partial charge in [-0.15, -0.1) is 0 Å². The first kappa shape index (κ1) is 13.5. The molecule has 2 aromatic rings. The third-order valence-electron chi connectivity index (χ3n) is 3.01. The van der Waals surface area contributed by atoms with E-state index < -0.39 is 0 Å². The van der Waals surface area contributed by atoms with Gasteiger partial charge >= 0.3 is 0 Å². The van der Waals surface area contributed by atoms with Crippen LogP contribution in [0.15, 0.2) is 36.7 Å². The van der Waals surface area contributed by atoms with Crippen molar-refractivity contribution in [2.75, 3.05) is 11.9 Å². The Morgan fingerprint density at radius 2 is 2.16 bits per heavy atom. The molecular weight excluding hydrogens is 256 g/mol. The van der Waals surface area contributed by atoms with Crippen molar-refractivity contribution in [2.24, 2.45) is 5.73 Å². The first-order chi connectivity index (χ1) is 9.11. The molecule has 0 saturated heterocycles. The predicted octanol–water partition coefficient (Wildman–Crippen LogP) is 2.17. The van der Waals surface area contributed by atoms with E-state index in [1.165, 1.54) is 5.56 Å². The van der Waals surface area contributed by atoms with E-state index in [-0.39, 0.29) is 0 Å². The summed E-state index contributed by atoms with van der Waals surface area (Å²) in [6.07, 6.45) is 3.95. The second-order valence-electron chi connectivity index (χ2n) is 4.44. The monoisotopic (exact) mass is 274 g/mol. The summed E-state index contributed by atoms with van der Waals surface area (Å²) < 4.78 is 1.92. The van der Waals surface area contributed by atoms with Crippen molar-refractivity contribution in [3.05, 3.63) is 47.8 Å².